The molecule has 10 rings (SSSR count). The average Bonchev–Trinajstić information content (AvgIpc) is 3.91. The molecule has 5 amide bonds. The highest BCUT2D eigenvalue weighted by atomic mass is 19.1. The van der Waals surface area contributed by atoms with E-state index in [0.29, 0.717) is 44.8 Å². The lowest BCUT2D eigenvalue weighted by Crippen LogP contribution is -2.54. The molecule has 5 aliphatic heterocycles. The summed E-state index contributed by atoms with van der Waals surface area (Å²) < 4.78 is 32.6. The number of aromatic hydroxyl groups is 1. The highest BCUT2D eigenvalue weighted by molar-refractivity contribution is 6.23. The molecule has 1 spiro atoms. The fourth-order valence-electron chi connectivity index (χ4n) is 10.9. The van der Waals surface area contributed by atoms with E-state index >= 15 is 8.78 Å². The first kappa shape index (κ1) is 38.3. The van der Waals surface area contributed by atoms with Crippen molar-refractivity contribution >= 4 is 35.2 Å². The number of hydrogen-bond acceptors (Lipinski definition) is 8. The van der Waals surface area contributed by atoms with Crippen molar-refractivity contribution in [1.82, 2.24) is 20.0 Å². The molecule has 6 aliphatic rings. The molecule has 0 aromatic heterocycles. The second-order valence-electron chi connectivity index (χ2n) is 17.6. The van der Waals surface area contributed by atoms with Crippen LogP contribution >= 0.6 is 0 Å². The van der Waals surface area contributed by atoms with Crippen LogP contribution < -0.4 is 10.2 Å². The number of nitrogens with one attached hydrogen (secondary N) is 1. The number of nitrogens with zero attached hydrogens (tertiary/aromatic N) is 4. The van der Waals surface area contributed by atoms with Crippen LogP contribution in [0.3, 0.4) is 0 Å². The Morgan fingerprint density at radius 2 is 1.43 bits per heavy atom. The number of rotatable bonds is 6. The summed E-state index contributed by atoms with van der Waals surface area (Å²) >= 11 is 0. The smallest absolute Gasteiger partial charge is 0.262 e. The van der Waals surface area contributed by atoms with Gasteiger partial charge in [0.15, 0.2) is 0 Å². The summed E-state index contributed by atoms with van der Waals surface area (Å²) in [5, 5.41) is 12.4. The number of phenols is 1. The van der Waals surface area contributed by atoms with Gasteiger partial charge in [-0.3, -0.25) is 39.1 Å². The fourth-order valence-corrected chi connectivity index (χ4v) is 10.9. The third kappa shape index (κ3) is 6.54. The molecule has 4 aromatic carbocycles. The van der Waals surface area contributed by atoms with E-state index in [1.54, 1.807) is 29.2 Å². The maximum absolute atomic E-state index is 16.3. The zero-order valence-corrected chi connectivity index (χ0v) is 33.1. The van der Waals surface area contributed by atoms with Gasteiger partial charge in [-0.1, -0.05) is 36.4 Å². The van der Waals surface area contributed by atoms with Crippen molar-refractivity contribution in [2.45, 2.75) is 75.9 Å². The second-order valence-corrected chi connectivity index (χ2v) is 17.6. The van der Waals surface area contributed by atoms with Gasteiger partial charge in [0.05, 0.1) is 17.7 Å². The normalized spacial score (nSPS) is 23.6. The lowest BCUT2D eigenvalue weighted by Gasteiger charge is -2.39. The minimum Gasteiger partial charge on any atom is -0.508 e. The van der Waals surface area contributed by atoms with Crippen LogP contribution in [0.4, 0.5) is 14.5 Å². The maximum Gasteiger partial charge on any atom is 0.262 e. The summed E-state index contributed by atoms with van der Waals surface area (Å²) in [4.78, 5) is 71.0. The van der Waals surface area contributed by atoms with Gasteiger partial charge in [0.1, 0.15) is 29.1 Å². The van der Waals surface area contributed by atoms with Crippen LogP contribution in [-0.2, 0) is 33.9 Å². The van der Waals surface area contributed by atoms with E-state index in [1.807, 2.05) is 29.2 Å². The molecule has 0 unspecified atom stereocenters. The van der Waals surface area contributed by atoms with Gasteiger partial charge in [-0.15, -0.1) is 0 Å². The standard InChI is InChI=1S/C47H45F2N5O6/c48-37-21-29(42-33(27-4-2-1-3-5-27)8-6-28-18-32(55)7-9-34(28)42)22-38(49)43(37)52-17-14-47(26-52)12-15-51(16-13-47)25-41(57)53-23-30-19-35-36(20-31(30)24-53)46(60)54(45(35)59)39-10-11-40(56)50-44(39)58/h1-5,7,9,18-22,33,39,42,55H,6,8,10-17,23-26H2,(H,50,56,58)/t33-,39-,42+/m1/s1. The molecule has 60 heavy (non-hydrogen) atoms. The predicted molar refractivity (Wildman–Crippen MR) is 216 cm³/mol. The zero-order valence-electron chi connectivity index (χ0n) is 33.1. The van der Waals surface area contributed by atoms with Gasteiger partial charge in [0.2, 0.25) is 17.7 Å². The van der Waals surface area contributed by atoms with Gasteiger partial charge in [0.25, 0.3) is 11.8 Å². The Bertz CT molecular complexity index is 2420. The molecule has 2 N–H and O–H groups in total. The van der Waals surface area contributed by atoms with E-state index in [9.17, 15) is 29.1 Å². The van der Waals surface area contributed by atoms with Crippen molar-refractivity contribution in [3.63, 3.8) is 0 Å². The molecule has 0 bridgehead atoms. The van der Waals surface area contributed by atoms with E-state index in [2.05, 4.69) is 22.3 Å². The van der Waals surface area contributed by atoms with Crippen LogP contribution in [0.1, 0.15) is 104 Å². The summed E-state index contributed by atoms with van der Waals surface area (Å²) in [5.74, 6) is -3.49. The van der Waals surface area contributed by atoms with Gasteiger partial charge >= 0.3 is 0 Å². The van der Waals surface area contributed by atoms with Crippen LogP contribution in [0.2, 0.25) is 0 Å². The van der Waals surface area contributed by atoms with E-state index in [0.717, 1.165) is 64.8 Å². The third-order valence-corrected chi connectivity index (χ3v) is 14.1. The van der Waals surface area contributed by atoms with Crippen molar-refractivity contribution in [3.05, 3.63) is 129 Å². The molecule has 13 heteroatoms. The first-order chi connectivity index (χ1) is 28.9. The molecule has 1 aliphatic carbocycles. The average molecular weight is 814 g/mol. The highest BCUT2D eigenvalue weighted by Gasteiger charge is 2.46. The van der Waals surface area contributed by atoms with Crippen LogP contribution in [0, 0.1) is 17.0 Å². The molecule has 11 nitrogen and oxygen atoms in total. The van der Waals surface area contributed by atoms with Crippen LogP contribution in [0.15, 0.2) is 72.8 Å². The number of imide groups is 2. The first-order valence-corrected chi connectivity index (χ1v) is 20.9. The van der Waals surface area contributed by atoms with E-state index < -0.39 is 41.3 Å². The summed E-state index contributed by atoms with van der Waals surface area (Å²) in [6, 6.07) is 20.7. The van der Waals surface area contributed by atoms with Crippen LogP contribution in [-0.4, -0.2) is 88.1 Å². The SMILES string of the molecule is O=C1CC[C@@H](N2C(=O)c3cc4c(cc3C2=O)CN(C(=O)CN2CCC3(CC2)CCN(c2c(F)cc([C@@H]5c6ccc(O)cc6CC[C@@H]5c5ccccc5)cc2F)C3)C4)C(=O)N1. The third-order valence-electron chi connectivity index (χ3n) is 14.1. The van der Waals surface area contributed by atoms with Gasteiger partial charge in [0, 0.05) is 38.5 Å². The predicted octanol–water partition coefficient (Wildman–Crippen LogP) is 5.77. The Balaban J connectivity index is 0.776. The Hall–Kier alpha value is -5.95. The topological polar surface area (TPSA) is 131 Å². The van der Waals surface area contributed by atoms with Crippen molar-refractivity contribution < 1.29 is 37.9 Å². The number of carbonyl (C=O) groups excluding carboxylic acids is 5. The minimum absolute atomic E-state index is 0.0119. The number of anilines is 1. The number of halogens is 2. The number of benzene rings is 4. The van der Waals surface area contributed by atoms with E-state index in [4.69, 9.17) is 0 Å². The number of likely N-dealkylation sites (tertiary alicyclic amines) is 1. The van der Waals surface area contributed by atoms with Crippen molar-refractivity contribution in [2.24, 2.45) is 5.41 Å². The van der Waals surface area contributed by atoms with Crippen molar-refractivity contribution in [3.8, 4) is 5.75 Å². The molecule has 3 atom stereocenters. The second kappa shape index (κ2) is 14.6. The van der Waals surface area contributed by atoms with Gasteiger partial charge in [-0.05, 0) is 133 Å². The summed E-state index contributed by atoms with van der Waals surface area (Å²) in [5.41, 5.74) is 5.54. The molecule has 308 valence electrons. The Morgan fingerprint density at radius 3 is 2.10 bits per heavy atom. The van der Waals surface area contributed by atoms with E-state index in [1.165, 1.54) is 12.1 Å². The number of hydrogen-bond donors (Lipinski definition) is 2. The monoisotopic (exact) mass is 813 g/mol. The number of fused-ring (bicyclic) bond motifs is 3. The molecule has 0 radical (unpaired) electrons. The van der Waals surface area contributed by atoms with Crippen LogP contribution in [0.25, 0.3) is 0 Å². The molecular formula is C47H45F2N5O6. The van der Waals surface area contributed by atoms with E-state index in [-0.39, 0.29) is 65.1 Å². The lowest BCUT2D eigenvalue weighted by molar-refractivity contribution is -0.136. The number of piperidine rings is 2. The molecule has 0 saturated carbocycles. The van der Waals surface area contributed by atoms with Gasteiger partial charge < -0.3 is 14.9 Å². The number of amides is 5. The van der Waals surface area contributed by atoms with Crippen molar-refractivity contribution in [2.75, 3.05) is 37.6 Å². The Morgan fingerprint density at radius 1 is 0.767 bits per heavy atom. The number of carbonyl (C=O) groups is 5. The highest BCUT2D eigenvalue weighted by Crippen LogP contribution is 2.49. The van der Waals surface area contributed by atoms with Crippen LogP contribution in [0.5, 0.6) is 5.75 Å². The summed E-state index contributed by atoms with van der Waals surface area (Å²) in [6.45, 7) is 3.24. The fraction of sp³-hybridized carbons (Fsp3) is 0.383. The Kier molecular flexibility index (Phi) is 9.34. The summed E-state index contributed by atoms with van der Waals surface area (Å²) in [6.07, 6.45) is 4.08. The molecular weight excluding hydrogens is 769 g/mol. The molecule has 5 heterocycles. The lowest BCUT2D eigenvalue weighted by atomic mass is 9.69. The molecule has 3 fully saturated rings. The molecule has 3 saturated heterocycles. The number of aryl methyl sites for hydroxylation is 1. The number of phenolic OH excluding ortho intramolecular Hbond substituents is 1. The maximum atomic E-state index is 16.3. The van der Waals surface area contributed by atoms with Gasteiger partial charge in [-0.25, -0.2) is 8.78 Å². The van der Waals surface area contributed by atoms with Gasteiger partial charge in [-0.2, -0.15) is 0 Å². The Labute approximate surface area is 345 Å². The first-order valence-electron chi connectivity index (χ1n) is 20.9. The summed E-state index contributed by atoms with van der Waals surface area (Å²) in [7, 11) is 0. The minimum atomic E-state index is -1.04. The quantitative estimate of drug-likeness (QED) is 0.235. The molecule has 4 aromatic rings. The largest absolute Gasteiger partial charge is 0.508 e. The zero-order chi connectivity index (χ0) is 41.4. The van der Waals surface area contributed by atoms with Crippen molar-refractivity contribution in [1.29, 1.82) is 0 Å².